The van der Waals surface area contributed by atoms with Gasteiger partial charge in [-0.05, 0) is 13.1 Å². The Balaban J connectivity index is -0.0000000267. The fraction of sp³-hybridized carbons (Fsp3) is 1.00. The van der Waals surface area contributed by atoms with E-state index in [4.69, 9.17) is 4.43 Å². The Morgan fingerprint density at radius 2 is 1.25 bits per heavy atom. The van der Waals surface area contributed by atoms with Crippen molar-refractivity contribution in [3.63, 3.8) is 0 Å². The maximum absolute atomic E-state index is 4.85. The minimum Gasteiger partial charge on any atom is -0.420 e. The normalized spacial score (nSPS) is 6.00. The third-order valence-electron chi connectivity index (χ3n) is 0.408. The Hall–Kier alpha value is 1.28. The molecule has 0 aliphatic rings. The molecule has 0 atom stereocenters. The van der Waals surface area contributed by atoms with Crippen molar-refractivity contribution in [2.24, 2.45) is 0 Å². The van der Waals surface area contributed by atoms with Gasteiger partial charge in [-0.15, -0.1) is 0 Å². The second-order valence-corrected chi connectivity index (χ2v) is 3.34. The van der Waals surface area contributed by atoms with Crippen LogP contribution >= 0.6 is 0 Å². The first kappa shape index (κ1) is 22.8. The molecule has 8 heavy (non-hydrogen) atoms. The maximum atomic E-state index is 4.85. The summed E-state index contributed by atoms with van der Waals surface area (Å²) >= 11 is 0. The van der Waals surface area contributed by atoms with Gasteiger partial charge >= 0.3 is 0 Å². The molecule has 1 nitrogen and oxygen atoms in total. The molecule has 3 heteroatoms. The van der Waals surface area contributed by atoms with E-state index in [1.165, 1.54) is 0 Å². The second kappa shape index (κ2) is 15.7. The van der Waals surface area contributed by atoms with Gasteiger partial charge in [0.15, 0.2) is 0 Å². The number of hydrogen-bond donors (Lipinski definition) is 0. The van der Waals surface area contributed by atoms with Crippen LogP contribution < -0.4 is 0 Å². The van der Waals surface area contributed by atoms with E-state index in [0.717, 1.165) is 0 Å². The van der Waals surface area contributed by atoms with Crippen molar-refractivity contribution in [1.29, 1.82) is 0 Å². The average molecular weight is 210 g/mol. The molecule has 0 unspecified atom stereocenters. The monoisotopic (exact) mass is 210 g/mol. The van der Waals surface area contributed by atoms with Gasteiger partial charge in [0.2, 0.25) is 9.04 Å². The Bertz CT molecular complexity index is 26.4. The molecule has 0 aromatic heterocycles. The first-order valence-electron chi connectivity index (χ1n) is 1.61. The molecule has 0 aromatic carbocycles. The van der Waals surface area contributed by atoms with Gasteiger partial charge in [0.25, 0.3) is 0 Å². The zero-order valence-corrected chi connectivity index (χ0v) is 8.32. The van der Waals surface area contributed by atoms with Gasteiger partial charge in [0.1, 0.15) is 0 Å². The van der Waals surface area contributed by atoms with E-state index in [2.05, 4.69) is 13.1 Å². The Morgan fingerprint density at radius 3 is 1.25 bits per heavy atom. The molecular formula is C5H17OSiY. The molecule has 0 amide bonds. The predicted octanol–water partition coefficient (Wildman–Crippen LogP) is 2.15. The van der Waals surface area contributed by atoms with Gasteiger partial charge in [-0.25, -0.2) is 0 Å². The van der Waals surface area contributed by atoms with Crippen molar-refractivity contribution in [3.05, 3.63) is 0 Å². The van der Waals surface area contributed by atoms with Crippen molar-refractivity contribution >= 4 is 9.04 Å². The molecule has 0 aromatic rings. The summed E-state index contributed by atoms with van der Waals surface area (Å²) in [5.41, 5.74) is 0. The molecular weight excluding hydrogens is 193 g/mol. The smallest absolute Gasteiger partial charge is 0.204 e. The standard InChI is InChI=1S/C3H9OSi.2CH4.Y/c1-4-5(2)3;;;/h1-3H3;2*1H4;. The van der Waals surface area contributed by atoms with E-state index < -0.39 is 0 Å². The van der Waals surface area contributed by atoms with Gasteiger partial charge in [0, 0.05) is 39.8 Å². The summed E-state index contributed by atoms with van der Waals surface area (Å²) < 4.78 is 4.85. The minimum absolute atomic E-state index is 0. The van der Waals surface area contributed by atoms with Crippen molar-refractivity contribution in [1.82, 2.24) is 0 Å². The fourth-order valence-electron chi connectivity index (χ4n) is 0. The third-order valence-corrected chi connectivity index (χ3v) is 1.22. The van der Waals surface area contributed by atoms with E-state index in [1.54, 1.807) is 7.11 Å². The van der Waals surface area contributed by atoms with Crippen molar-refractivity contribution < 1.29 is 37.1 Å². The molecule has 0 spiro atoms. The van der Waals surface area contributed by atoms with Crippen LogP contribution in [0.1, 0.15) is 14.9 Å². The van der Waals surface area contributed by atoms with Crippen LogP contribution in [0, 0.1) is 0 Å². The van der Waals surface area contributed by atoms with Gasteiger partial charge in [-0.1, -0.05) is 14.9 Å². The topological polar surface area (TPSA) is 9.23 Å². The number of rotatable bonds is 1. The second-order valence-electron chi connectivity index (χ2n) is 1.11. The van der Waals surface area contributed by atoms with Crippen LogP contribution in [0.25, 0.3) is 0 Å². The molecule has 0 fully saturated rings. The molecule has 0 rings (SSSR count). The first-order chi connectivity index (χ1) is 2.27. The van der Waals surface area contributed by atoms with E-state index >= 15 is 0 Å². The van der Waals surface area contributed by atoms with Crippen LogP contribution in [0.4, 0.5) is 0 Å². The van der Waals surface area contributed by atoms with Gasteiger partial charge < -0.3 is 4.43 Å². The Morgan fingerprint density at radius 1 is 1.12 bits per heavy atom. The molecule has 0 N–H and O–H groups in total. The van der Waals surface area contributed by atoms with Crippen LogP contribution in [0.2, 0.25) is 13.1 Å². The maximum Gasteiger partial charge on any atom is 0.204 e. The summed E-state index contributed by atoms with van der Waals surface area (Å²) in [5, 5.41) is 0. The van der Waals surface area contributed by atoms with Crippen LogP contribution in [-0.2, 0) is 37.1 Å². The van der Waals surface area contributed by atoms with E-state index in [9.17, 15) is 0 Å². The van der Waals surface area contributed by atoms with Crippen LogP contribution in [0.15, 0.2) is 0 Å². The molecule has 0 heterocycles. The van der Waals surface area contributed by atoms with Crippen molar-refractivity contribution in [2.45, 2.75) is 27.9 Å². The zero-order chi connectivity index (χ0) is 4.28. The summed E-state index contributed by atoms with van der Waals surface area (Å²) in [6, 6.07) is 0. The Labute approximate surface area is 80.8 Å². The summed E-state index contributed by atoms with van der Waals surface area (Å²) in [5.74, 6) is 0. The first-order valence-corrected chi connectivity index (χ1v) is 4.02. The minimum atomic E-state index is -0.374. The molecule has 0 aliphatic heterocycles. The molecule has 0 aliphatic carbocycles. The molecule has 2 radical (unpaired) electrons. The zero-order valence-electron chi connectivity index (χ0n) is 4.49. The molecule has 0 bridgehead atoms. The number of hydrogen-bond acceptors (Lipinski definition) is 1. The molecule has 50 valence electrons. The SMILES string of the molecule is C.C.CO[Si](C)C.[Y]. The summed E-state index contributed by atoms with van der Waals surface area (Å²) in [4.78, 5) is 0. The molecule has 0 saturated carbocycles. The predicted molar refractivity (Wildman–Crippen MR) is 38.0 cm³/mol. The largest absolute Gasteiger partial charge is 0.420 e. The summed E-state index contributed by atoms with van der Waals surface area (Å²) in [7, 11) is 1.37. The van der Waals surface area contributed by atoms with Crippen LogP contribution in [0.3, 0.4) is 0 Å². The van der Waals surface area contributed by atoms with Crippen LogP contribution in [-0.4, -0.2) is 16.2 Å². The fourth-order valence-corrected chi connectivity index (χ4v) is 0. The average Bonchev–Trinajstić information content (AvgIpc) is 1.38. The van der Waals surface area contributed by atoms with Gasteiger partial charge in [-0.2, -0.15) is 0 Å². The van der Waals surface area contributed by atoms with E-state index in [0.29, 0.717) is 0 Å². The van der Waals surface area contributed by atoms with Crippen molar-refractivity contribution in [3.8, 4) is 0 Å². The quantitative estimate of drug-likeness (QED) is 0.602. The van der Waals surface area contributed by atoms with Crippen molar-refractivity contribution in [2.75, 3.05) is 7.11 Å². The van der Waals surface area contributed by atoms with E-state index in [-0.39, 0.29) is 56.6 Å². The Kier molecular flexibility index (Phi) is 44.9. The van der Waals surface area contributed by atoms with E-state index in [1.807, 2.05) is 0 Å². The van der Waals surface area contributed by atoms with Gasteiger partial charge in [-0.3, -0.25) is 0 Å². The third kappa shape index (κ3) is 26.7. The van der Waals surface area contributed by atoms with Gasteiger partial charge in [0.05, 0.1) is 0 Å². The summed E-state index contributed by atoms with van der Waals surface area (Å²) in [6.45, 7) is 4.20. The van der Waals surface area contributed by atoms with Crippen LogP contribution in [0.5, 0.6) is 0 Å². The summed E-state index contributed by atoms with van der Waals surface area (Å²) in [6.07, 6.45) is 0. The molecule has 0 saturated heterocycles.